The zero-order valence-electron chi connectivity index (χ0n) is 7.59. The lowest BCUT2D eigenvalue weighted by atomic mass is 10.1. The van der Waals surface area contributed by atoms with Crippen LogP contribution in [0.1, 0.15) is 13.3 Å². The van der Waals surface area contributed by atoms with Crippen molar-refractivity contribution >= 4 is 9.39 Å². The van der Waals surface area contributed by atoms with Crippen molar-refractivity contribution in [2.45, 2.75) is 13.3 Å². The topological polar surface area (TPSA) is 3.24 Å². The smallest absolute Gasteiger partial charge is 0.0274 e. The summed E-state index contributed by atoms with van der Waals surface area (Å²) in [4.78, 5) is 0. The molecule has 0 spiro atoms. The van der Waals surface area contributed by atoms with Gasteiger partial charge in [-0.2, -0.15) is 0 Å². The highest BCUT2D eigenvalue weighted by Crippen LogP contribution is 2.24. The molecule has 0 radical (unpaired) electrons. The standard InChI is InChI=1S/C10H16NP/c1-3-5-9-7-11(12)8-10(9)6-4-2/h3,5-6H,1,4,7-8,12H2,2H3/b9-5-,10-6-. The van der Waals surface area contributed by atoms with Gasteiger partial charge in [0.2, 0.25) is 0 Å². The minimum Gasteiger partial charge on any atom is -0.279 e. The minimum atomic E-state index is 1.03. The summed E-state index contributed by atoms with van der Waals surface area (Å²) in [5, 5.41) is 0. The van der Waals surface area contributed by atoms with Gasteiger partial charge in [-0.05, 0) is 17.6 Å². The van der Waals surface area contributed by atoms with E-state index in [1.807, 2.05) is 6.08 Å². The predicted molar refractivity (Wildman–Crippen MR) is 57.9 cm³/mol. The molecular formula is C10H16NP. The average molecular weight is 181 g/mol. The first kappa shape index (κ1) is 9.70. The maximum Gasteiger partial charge on any atom is 0.0274 e. The number of hydrogen-bond donors (Lipinski definition) is 0. The Morgan fingerprint density at radius 1 is 1.50 bits per heavy atom. The van der Waals surface area contributed by atoms with E-state index in [0.29, 0.717) is 0 Å². The van der Waals surface area contributed by atoms with Gasteiger partial charge in [0.05, 0.1) is 0 Å². The van der Waals surface area contributed by atoms with Crippen LogP contribution in [0.5, 0.6) is 0 Å². The van der Waals surface area contributed by atoms with Gasteiger partial charge in [0.25, 0.3) is 0 Å². The van der Waals surface area contributed by atoms with Crippen LogP contribution in [-0.2, 0) is 0 Å². The van der Waals surface area contributed by atoms with Crippen molar-refractivity contribution in [1.29, 1.82) is 0 Å². The lowest BCUT2D eigenvalue weighted by Crippen LogP contribution is -2.02. The predicted octanol–water partition coefficient (Wildman–Crippen LogP) is 2.54. The summed E-state index contributed by atoms with van der Waals surface area (Å²) >= 11 is 0. The zero-order chi connectivity index (χ0) is 8.97. The summed E-state index contributed by atoms with van der Waals surface area (Å²) < 4.78 is 2.23. The number of rotatable bonds is 2. The van der Waals surface area contributed by atoms with E-state index in [0.717, 1.165) is 19.5 Å². The van der Waals surface area contributed by atoms with E-state index < -0.39 is 0 Å². The summed E-state index contributed by atoms with van der Waals surface area (Å²) in [5.74, 6) is 0. The SMILES string of the molecule is C=C/C=C1/CN(P)C/C1=C/CC. The molecule has 0 saturated carbocycles. The van der Waals surface area contributed by atoms with Gasteiger partial charge in [0.1, 0.15) is 0 Å². The Labute approximate surface area is 77.1 Å². The summed E-state index contributed by atoms with van der Waals surface area (Å²) in [6, 6.07) is 0. The first-order valence-electron chi connectivity index (χ1n) is 4.28. The van der Waals surface area contributed by atoms with Gasteiger partial charge in [-0.15, -0.1) is 0 Å². The molecular weight excluding hydrogens is 165 g/mol. The first-order valence-corrected chi connectivity index (χ1v) is 4.80. The fourth-order valence-corrected chi connectivity index (χ4v) is 1.83. The monoisotopic (exact) mass is 181 g/mol. The van der Waals surface area contributed by atoms with E-state index >= 15 is 0 Å². The van der Waals surface area contributed by atoms with Crippen LogP contribution in [0.25, 0.3) is 0 Å². The Morgan fingerprint density at radius 2 is 2.17 bits per heavy atom. The van der Waals surface area contributed by atoms with Gasteiger partial charge in [0.15, 0.2) is 0 Å². The normalized spacial score (nSPS) is 25.5. The van der Waals surface area contributed by atoms with Crippen LogP contribution < -0.4 is 0 Å². The van der Waals surface area contributed by atoms with E-state index in [4.69, 9.17) is 0 Å². The van der Waals surface area contributed by atoms with Crippen LogP contribution in [0.15, 0.2) is 36.0 Å². The van der Waals surface area contributed by atoms with Crippen LogP contribution in [0, 0.1) is 0 Å². The molecule has 2 heteroatoms. The van der Waals surface area contributed by atoms with Gasteiger partial charge < -0.3 is 0 Å². The molecule has 1 rings (SSSR count). The minimum absolute atomic E-state index is 1.03. The van der Waals surface area contributed by atoms with Crippen LogP contribution >= 0.6 is 9.39 Å². The largest absolute Gasteiger partial charge is 0.279 e. The van der Waals surface area contributed by atoms with Crippen LogP contribution in [0.3, 0.4) is 0 Å². The highest BCUT2D eigenvalue weighted by Gasteiger charge is 2.16. The lowest BCUT2D eigenvalue weighted by molar-refractivity contribution is 0.612. The molecule has 66 valence electrons. The molecule has 1 heterocycles. The summed E-state index contributed by atoms with van der Waals surface area (Å²) in [6.07, 6.45) is 7.37. The second-order valence-electron chi connectivity index (χ2n) is 2.97. The van der Waals surface area contributed by atoms with Crippen molar-refractivity contribution in [3.05, 3.63) is 36.0 Å². The van der Waals surface area contributed by atoms with Crippen molar-refractivity contribution in [3.63, 3.8) is 0 Å². The van der Waals surface area contributed by atoms with E-state index in [-0.39, 0.29) is 0 Å². The van der Waals surface area contributed by atoms with Crippen molar-refractivity contribution < 1.29 is 0 Å². The second kappa shape index (κ2) is 4.59. The van der Waals surface area contributed by atoms with Gasteiger partial charge in [-0.25, -0.2) is 0 Å². The number of allylic oxidation sites excluding steroid dienone is 3. The Hall–Kier alpha value is -0.390. The molecule has 0 aliphatic carbocycles. The quantitative estimate of drug-likeness (QED) is 0.592. The maximum absolute atomic E-state index is 3.71. The van der Waals surface area contributed by atoms with Gasteiger partial charge >= 0.3 is 0 Å². The fraction of sp³-hybridized carbons (Fsp3) is 0.400. The Balaban J connectivity index is 2.79. The van der Waals surface area contributed by atoms with E-state index in [2.05, 4.69) is 39.7 Å². The Morgan fingerprint density at radius 3 is 2.75 bits per heavy atom. The van der Waals surface area contributed by atoms with Gasteiger partial charge in [-0.3, -0.25) is 4.67 Å². The summed E-state index contributed by atoms with van der Waals surface area (Å²) in [5.41, 5.74) is 2.86. The Bertz CT molecular complexity index is 228. The van der Waals surface area contributed by atoms with E-state index in [1.54, 1.807) is 0 Å². The third-order valence-electron chi connectivity index (χ3n) is 1.93. The molecule has 1 unspecified atom stereocenters. The molecule has 12 heavy (non-hydrogen) atoms. The van der Waals surface area contributed by atoms with Crippen LogP contribution in [0.2, 0.25) is 0 Å². The Kier molecular flexibility index (Phi) is 3.71. The van der Waals surface area contributed by atoms with Crippen molar-refractivity contribution in [3.8, 4) is 0 Å². The molecule has 1 nitrogen and oxygen atoms in total. The molecule has 1 atom stereocenters. The third-order valence-corrected chi connectivity index (χ3v) is 2.29. The third kappa shape index (κ3) is 2.30. The van der Waals surface area contributed by atoms with Crippen molar-refractivity contribution in [2.75, 3.05) is 13.1 Å². The van der Waals surface area contributed by atoms with Gasteiger partial charge in [0, 0.05) is 13.1 Å². The van der Waals surface area contributed by atoms with Crippen molar-refractivity contribution in [2.24, 2.45) is 0 Å². The maximum atomic E-state index is 3.71. The van der Waals surface area contributed by atoms with Crippen LogP contribution in [0.4, 0.5) is 0 Å². The fourth-order valence-electron chi connectivity index (χ4n) is 1.44. The van der Waals surface area contributed by atoms with E-state index in [9.17, 15) is 0 Å². The molecule has 1 fully saturated rings. The number of nitrogens with zero attached hydrogens (tertiary/aromatic N) is 1. The van der Waals surface area contributed by atoms with Crippen molar-refractivity contribution in [1.82, 2.24) is 4.67 Å². The highest BCUT2D eigenvalue weighted by atomic mass is 31.0. The molecule has 0 N–H and O–H groups in total. The molecule has 1 saturated heterocycles. The van der Waals surface area contributed by atoms with Crippen LogP contribution in [-0.4, -0.2) is 17.8 Å². The summed E-state index contributed by atoms with van der Waals surface area (Å²) in [7, 11) is 2.74. The molecule has 1 aliphatic rings. The molecule has 0 aromatic heterocycles. The molecule has 1 aliphatic heterocycles. The molecule has 0 aromatic rings. The highest BCUT2D eigenvalue weighted by molar-refractivity contribution is 7.13. The lowest BCUT2D eigenvalue weighted by Gasteiger charge is -2.01. The van der Waals surface area contributed by atoms with Gasteiger partial charge in [-0.1, -0.05) is 41.1 Å². The summed E-state index contributed by atoms with van der Waals surface area (Å²) in [6.45, 7) is 7.97. The molecule has 0 aromatic carbocycles. The molecule has 0 amide bonds. The first-order chi connectivity index (χ1) is 5.77. The average Bonchev–Trinajstić information content (AvgIpc) is 2.33. The second-order valence-corrected chi connectivity index (χ2v) is 3.70. The zero-order valence-corrected chi connectivity index (χ0v) is 8.74. The number of hydrogen-bond acceptors (Lipinski definition) is 1. The molecule has 0 bridgehead atoms. The van der Waals surface area contributed by atoms with E-state index in [1.165, 1.54) is 11.1 Å².